The molecule has 2 amide bonds. The minimum Gasteiger partial charge on any atom is -0.497 e. The quantitative estimate of drug-likeness (QED) is 0.0598. The van der Waals surface area contributed by atoms with Crippen molar-refractivity contribution in [3.8, 4) is 34.0 Å². The molecule has 0 unspecified atom stereocenters. The van der Waals surface area contributed by atoms with Crippen LogP contribution in [0.25, 0.3) is 33.8 Å². The Labute approximate surface area is 508 Å². The Bertz CT molecular complexity index is 3480. The molecular formula is C66H74F6N12O4. The third-order valence-electron chi connectivity index (χ3n) is 16.4. The number of hydrogen-bond donors (Lipinski definition) is 0. The summed E-state index contributed by atoms with van der Waals surface area (Å²) < 4.78 is 98.3. The number of nitrogens with zero attached hydrogens (tertiary/aromatic N) is 12. The normalized spacial score (nSPS) is 16.8. The molecule has 22 heteroatoms. The Morgan fingerprint density at radius 2 is 0.932 bits per heavy atom. The molecule has 4 aromatic carbocycles. The number of rotatable bonds is 18. The third kappa shape index (κ3) is 13.8. The van der Waals surface area contributed by atoms with Crippen molar-refractivity contribution in [3.63, 3.8) is 0 Å². The first-order valence-electron chi connectivity index (χ1n) is 29.0. The number of aromatic nitrogens is 6. The van der Waals surface area contributed by atoms with Crippen LogP contribution in [0.15, 0.2) is 147 Å². The Morgan fingerprint density at radius 3 is 1.24 bits per heavy atom. The zero-order chi connectivity index (χ0) is 63.2. The lowest BCUT2D eigenvalue weighted by molar-refractivity contribution is -0.144. The number of benzene rings is 4. The summed E-state index contributed by atoms with van der Waals surface area (Å²) in [7, 11) is 7.13. The maximum absolute atomic E-state index is 14.4. The van der Waals surface area contributed by atoms with Crippen molar-refractivity contribution in [1.82, 2.24) is 58.6 Å². The molecule has 4 atom stereocenters. The molecule has 0 spiro atoms. The largest absolute Gasteiger partial charge is 0.497 e. The van der Waals surface area contributed by atoms with Crippen molar-refractivity contribution in [1.29, 1.82) is 0 Å². The highest BCUT2D eigenvalue weighted by molar-refractivity contribution is 6.01. The van der Waals surface area contributed by atoms with Crippen LogP contribution >= 0.6 is 0 Å². The van der Waals surface area contributed by atoms with Gasteiger partial charge in [-0.15, -0.1) is 13.2 Å². The van der Waals surface area contributed by atoms with E-state index in [1.165, 1.54) is 51.6 Å². The molecule has 6 heterocycles. The van der Waals surface area contributed by atoms with Gasteiger partial charge in [0.25, 0.3) is 11.8 Å². The zero-order valence-electron chi connectivity index (χ0n) is 50.8. The summed E-state index contributed by atoms with van der Waals surface area (Å²) in [6, 6.07) is 33.6. The lowest BCUT2D eigenvalue weighted by Gasteiger charge is -2.44. The molecular weight excluding hydrogens is 1140 g/mol. The molecule has 4 aromatic heterocycles. The molecule has 2 aliphatic heterocycles. The maximum atomic E-state index is 14.4. The highest BCUT2D eigenvalue weighted by Crippen LogP contribution is 2.40. The first kappa shape index (κ1) is 64.0. The maximum Gasteiger partial charge on any atom is 0.433 e. The van der Waals surface area contributed by atoms with Gasteiger partial charge in [-0.05, 0) is 101 Å². The molecule has 8 aromatic rings. The summed E-state index contributed by atoms with van der Waals surface area (Å²) in [6.07, 6.45) is -3.29. The second-order valence-corrected chi connectivity index (χ2v) is 22.5. The second-order valence-electron chi connectivity index (χ2n) is 22.5. The number of fused-ring (bicyclic) bond motifs is 2. The van der Waals surface area contributed by atoms with Crippen molar-refractivity contribution >= 4 is 23.1 Å². The first-order chi connectivity index (χ1) is 42.1. The number of carbonyl (C=O) groups excluding carboxylic acids is 2. The van der Waals surface area contributed by atoms with E-state index in [4.69, 9.17) is 9.47 Å². The predicted octanol–water partition coefficient (Wildman–Crippen LogP) is 11.5. The molecule has 0 radical (unpaired) electrons. The molecule has 2 fully saturated rings. The number of methoxy groups -OCH3 is 2. The average molecular weight is 1210 g/mol. The van der Waals surface area contributed by atoms with E-state index < -0.39 is 35.6 Å². The van der Waals surface area contributed by atoms with E-state index in [9.17, 15) is 35.9 Å². The molecule has 0 aliphatic carbocycles. The van der Waals surface area contributed by atoms with E-state index in [0.717, 1.165) is 35.2 Å². The molecule has 0 N–H and O–H groups in total. The highest BCUT2D eigenvalue weighted by atomic mass is 19.4. The van der Waals surface area contributed by atoms with Gasteiger partial charge in [0.05, 0.1) is 38.0 Å². The second kappa shape index (κ2) is 27.3. The average Bonchev–Trinajstić information content (AvgIpc) is 1.68. The van der Waals surface area contributed by atoms with E-state index in [-0.39, 0.29) is 69.1 Å². The Kier molecular flexibility index (Phi) is 19.9. The van der Waals surface area contributed by atoms with Gasteiger partial charge in [0.2, 0.25) is 0 Å². The molecule has 88 heavy (non-hydrogen) atoms. The van der Waals surface area contributed by atoms with Crippen LogP contribution in [0.3, 0.4) is 0 Å². The molecule has 10 rings (SSSR count). The Hall–Kier alpha value is -8.44. The van der Waals surface area contributed by atoms with E-state index in [1.807, 2.05) is 62.4 Å². The molecule has 16 nitrogen and oxygen atoms in total. The van der Waals surface area contributed by atoms with Gasteiger partial charge in [-0.25, -0.2) is 19.0 Å². The molecule has 464 valence electrons. The smallest absolute Gasteiger partial charge is 0.433 e. The number of likely N-dealkylation sites (N-methyl/N-ethyl adjacent to an activating group) is 2. The summed E-state index contributed by atoms with van der Waals surface area (Å²) in [4.78, 5) is 49.7. The summed E-state index contributed by atoms with van der Waals surface area (Å²) in [5, 5.41) is 8.05. The van der Waals surface area contributed by atoms with Crippen LogP contribution in [0, 0.1) is 13.8 Å². The third-order valence-corrected chi connectivity index (χ3v) is 16.4. The zero-order valence-corrected chi connectivity index (χ0v) is 50.8. The van der Waals surface area contributed by atoms with Crippen molar-refractivity contribution in [2.45, 2.75) is 64.2 Å². The van der Waals surface area contributed by atoms with Gasteiger partial charge in [-0.3, -0.25) is 19.4 Å². The van der Waals surface area contributed by atoms with Crippen LogP contribution in [0.4, 0.5) is 26.3 Å². The first-order valence-corrected chi connectivity index (χ1v) is 29.0. The van der Waals surface area contributed by atoms with Crippen LogP contribution in [0.1, 0.15) is 80.3 Å². The monoisotopic (exact) mass is 1210 g/mol. The minimum absolute atomic E-state index is 0.0379. The van der Waals surface area contributed by atoms with Crippen molar-refractivity contribution in [2.24, 2.45) is 0 Å². The van der Waals surface area contributed by atoms with E-state index in [1.54, 1.807) is 58.3 Å². The molecule has 2 aliphatic rings. The number of carbonyl (C=O) groups is 2. The van der Waals surface area contributed by atoms with E-state index in [2.05, 4.69) is 91.3 Å². The van der Waals surface area contributed by atoms with Gasteiger partial charge in [-0.2, -0.15) is 36.5 Å². The topological polar surface area (TPSA) is 132 Å². The summed E-state index contributed by atoms with van der Waals surface area (Å²) in [5.41, 5.74) is 1.35. The van der Waals surface area contributed by atoms with Gasteiger partial charge in [0.15, 0.2) is 22.7 Å². The minimum atomic E-state index is -4.72. The van der Waals surface area contributed by atoms with E-state index >= 15 is 0 Å². The van der Waals surface area contributed by atoms with Crippen molar-refractivity contribution in [3.05, 3.63) is 192 Å². The van der Waals surface area contributed by atoms with Crippen LogP contribution in [-0.4, -0.2) is 176 Å². The fourth-order valence-corrected chi connectivity index (χ4v) is 12.0. The number of alkyl halides is 6. The highest BCUT2D eigenvalue weighted by Gasteiger charge is 2.42. The lowest BCUT2D eigenvalue weighted by Crippen LogP contribution is -2.55. The summed E-state index contributed by atoms with van der Waals surface area (Å²) in [6.45, 7) is 20.7. The Balaban J connectivity index is 0.000000209. The fourth-order valence-electron chi connectivity index (χ4n) is 12.0. The number of amides is 2. The van der Waals surface area contributed by atoms with Crippen LogP contribution in [-0.2, 0) is 12.4 Å². The van der Waals surface area contributed by atoms with E-state index in [0.29, 0.717) is 61.9 Å². The fraction of sp³-hybridized carbons (Fsp3) is 0.364. The van der Waals surface area contributed by atoms with Gasteiger partial charge in [0, 0.05) is 112 Å². The van der Waals surface area contributed by atoms with Gasteiger partial charge < -0.3 is 29.1 Å². The summed E-state index contributed by atoms with van der Waals surface area (Å²) >= 11 is 0. The number of hydrogen-bond acceptors (Lipinski definition) is 12. The summed E-state index contributed by atoms with van der Waals surface area (Å²) in [5.74, 6) is 0.354. The lowest BCUT2D eigenvalue weighted by atomic mass is 10.0. The molecule has 0 bridgehead atoms. The van der Waals surface area contributed by atoms with Crippen molar-refractivity contribution < 1.29 is 45.4 Å². The molecule has 0 saturated carbocycles. The standard InChI is InChI=1S/2C33H37F3N6O2/c2*1-6-16-39(4)21-28(24-10-8-7-9-11-24)40-17-18-41(22(2)20-40)32(43)27-19-37-42-30(33(34,35)36)23(3)29(38-31(27)42)25-12-14-26(44-5)15-13-25/h2*6-15,19,22,28H,1,16-18,20-21H2,2-5H3/t22-,28+;22-,28-/m11/s1. The van der Waals surface area contributed by atoms with Gasteiger partial charge in [0.1, 0.15) is 22.6 Å². The predicted molar refractivity (Wildman–Crippen MR) is 327 cm³/mol. The number of halogens is 6. The van der Waals surface area contributed by atoms with Gasteiger partial charge in [-0.1, -0.05) is 72.8 Å². The number of piperazine rings is 2. The SMILES string of the molecule is C=CCN(C)C[C@@H](c1ccccc1)N1CCN(C(=O)c2cnn3c(C(F)(F)F)c(C)c(-c4ccc(OC)cc4)nc23)[C@H](C)C1.C=CCN(C)C[C@H](c1ccccc1)N1CCN(C(=O)c2cnn3c(C(F)(F)F)c(C)c(-c4ccc(OC)cc4)nc23)[C@H](C)C1. The molecule has 2 saturated heterocycles. The van der Waals surface area contributed by atoms with Crippen LogP contribution in [0.5, 0.6) is 11.5 Å². The van der Waals surface area contributed by atoms with Crippen LogP contribution in [0.2, 0.25) is 0 Å². The Morgan fingerprint density at radius 1 is 0.580 bits per heavy atom. The van der Waals surface area contributed by atoms with Crippen molar-refractivity contribution in [2.75, 3.05) is 93.8 Å². The number of ether oxygens (including phenoxy) is 2. The van der Waals surface area contributed by atoms with Gasteiger partial charge >= 0.3 is 12.4 Å². The van der Waals surface area contributed by atoms with Crippen LogP contribution < -0.4 is 9.47 Å².